The predicted molar refractivity (Wildman–Crippen MR) is 74.9 cm³/mol. The third kappa shape index (κ3) is 2.91. The van der Waals surface area contributed by atoms with Crippen molar-refractivity contribution in [3.05, 3.63) is 47.3 Å². The van der Waals surface area contributed by atoms with Gasteiger partial charge in [0.2, 0.25) is 0 Å². The van der Waals surface area contributed by atoms with Crippen LogP contribution in [-0.2, 0) is 6.54 Å². The molecule has 0 saturated heterocycles. The summed E-state index contributed by atoms with van der Waals surface area (Å²) >= 11 is 0. The average Bonchev–Trinajstić information content (AvgIpc) is 2.90. The molecule has 1 aromatic heterocycles. The summed E-state index contributed by atoms with van der Waals surface area (Å²) in [5, 5.41) is 21.3. The number of aromatic nitrogens is 2. The highest BCUT2D eigenvalue weighted by atomic mass is 19.1. The van der Waals surface area contributed by atoms with Crippen LogP contribution < -0.4 is 5.32 Å². The second kappa shape index (κ2) is 6.65. The number of imidazole rings is 1. The maximum absolute atomic E-state index is 14.2. The molecule has 21 heavy (non-hydrogen) atoms. The Bertz CT molecular complexity index is 721. The van der Waals surface area contributed by atoms with Crippen molar-refractivity contribution in [2.75, 3.05) is 6.54 Å². The zero-order valence-corrected chi connectivity index (χ0v) is 11.6. The van der Waals surface area contributed by atoms with Crippen LogP contribution in [0, 0.1) is 28.5 Å². The highest BCUT2D eigenvalue weighted by Gasteiger charge is 2.17. The van der Waals surface area contributed by atoms with Crippen LogP contribution in [0.5, 0.6) is 0 Å². The standard InChI is InChI=1S/C15H14FN5/c1-2-6-19-9-11-4-3-5-12(16)15(11)21-10-20-13(7-17)14(21)8-18/h3-5,10,19H,2,6,9H2,1H3. The number of nitrogens with zero attached hydrogens (tertiary/aromatic N) is 4. The zero-order valence-electron chi connectivity index (χ0n) is 11.6. The fourth-order valence-corrected chi connectivity index (χ4v) is 2.08. The summed E-state index contributed by atoms with van der Waals surface area (Å²) in [4.78, 5) is 3.85. The van der Waals surface area contributed by atoms with Crippen LogP contribution in [0.2, 0.25) is 0 Å². The minimum absolute atomic E-state index is 0.00628. The molecule has 1 aromatic carbocycles. The van der Waals surface area contributed by atoms with Crippen LogP contribution in [-0.4, -0.2) is 16.1 Å². The predicted octanol–water partition coefficient (Wildman–Crippen LogP) is 2.25. The van der Waals surface area contributed by atoms with E-state index in [0.29, 0.717) is 12.1 Å². The van der Waals surface area contributed by atoms with Crippen molar-refractivity contribution < 1.29 is 4.39 Å². The molecule has 106 valence electrons. The van der Waals surface area contributed by atoms with E-state index < -0.39 is 5.82 Å². The highest BCUT2D eigenvalue weighted by Crippen LogP contribution is 2.21. The maximum atomic E-state index is 14.2. The molecule has 0 aliphatic rings. The van der Waals surface area contributed by atoms with Crippen LogP contribution in [0.15, 0.2) is 24.5 Å². The molecular formula is C15H14FN5. The molecule has 0 atom stereocenters. The molecule has 0 aliphatic heterocycles. The number of rotatable bonds is 5. The molecule has 0 fully saturated rings. The molecular weight excluding hydrogens is 269 g/mol. The first-order valence-electron chi connectivity index (χ1n) is 6.59. The van der Waals surface area contributed by atoms with Gasteiger partial charge in [-0.15, -0.1) is 0 Å². The van der Waals surface area contributed by atoms with Gasteiger partial charge in [-0.3, -0.25) is 4.57 Å². The van der Waals surface area contributed by atoms with Crippen molar-refractivity contribution in [3.8, 4) is 17.8 Å². The molecule has 5 nitrogen and oxygen atoms in total. The Kier molecular flexibility index (Phi) is 4.65. The van der Waals surface area contributed by atoms with Gasteiger partial charge >= 0.3 is 0 Å². The van der Waals surface area contributed by atoms with Crippen molar-refractivity contribution in [2.24, 2.45) is 0 Å². The molecule has 2 aromatic rings. The number of hydrogen-bond donors (Lipinski definition) is 1. The fraction of sp³-hybridized carbons (Fsp3) is 0.267. The van der Waals surface area contributed by atoms with Crippen molar-refractivity contribution in [2.45, 2.75) is 19.9 Å². The third-order valence-electron chi connectivity index (χ3n) is 3.03. The first-order valence-corrected chi connectivity index (χ1v) is 6.59. The molecule has 6 heteroatoms. The van der Waals surface area contributed by atoms with Crippen LogP contribution in [0.3, 0.4) is 0 Å². The van der Waals surface area contributed by atoms with Crippen molar-refractivity contribution >= 4 is 0 Å². The summed E-state index contributed by atoms with van der Waals surface area (Å²) in [7, 11) is 0. The van der Waals surface area contributed by atoms with Gasteiger partial charge in [0.15, 0.2) is 11.4 Å². The van der Waals surface area contributed by atoms with Gasteiger partial charge in [-0.05, 0) is 24.6 Å². The van der Waals surface area contributed by atoms with Gasteiger partial charge in [0, 0.05) is 6.54 Å². The Morgan fingerprint density at radius 3 is 2.81 bits per heavy atom. The first-order chi connectivity index (χ1) is 10.2. The third-order valence-corrected chi connectivity index (χ3v) is 3.03. The lowest BCUT2D eigenvalue weighted by Gasteiger charge is -2.12. The lowest BCUT2D eigenvalue weighted by Crippen LogP contribution is -2.16. The molecule has 0 unspecified atom stereocenters. The molecule has 0 amide bonds. The van der Waals surface area contributed by atoms with Gasteiger partial charge in [-0.1, -0.05) is 19.1 Å². The Morgan fingerprint density at radius 2 is 2.14 bits per heavy atom. The molecule has 0 bridgehead atoms. The van der Waals surface area contributed by atoms with E-state index in [-0.39, 0.29) is 17.1 Å². The Labute approximate surface area is 122 Å². The van der Waals surface area contributed by atoms with Crippen molar-refractivity contribution in [1.82, 2.24) is 14.9 Å². The van der Waals surface area contributed by atoms with Crippen molar-refractivity contribution in [3.63, 3.8) is 0 Å². The number of hydrogen-bond acceptors (Lipinski definition) is 4. The van der Waals surface area contributed by atoms with E-state index in [4.69, 9.17) is 5.26 Å². The smallest absolute Gasteiger partial charge is 0.177 e. The van der Waals surface area contributed by atoms with Gasteiger partial charge in [-0.2, -0.15) is 10.5 Å². The van der Waals surface area contributed by atoms with E-state index in [1.165, 1.54) is 17.0 Å². The summed E-state index contributed by atoms with van der Waals surface area (Å²) in [6.07, 6.45) is 2.27. The van der Waals surface area contributed by atoms with Crippen LogP contribution in [0.4, 0.5) is 4.39 Å². The summed E-state index contributed by atoms with van der Waals surface area (Å²) in [6, 6.07) is 8.47. The van der Waals surface area contributed by atoms with Crippen molar-refractivity contribution in [1.29, 1.82) is 10.5 Å². The monoisotopic (exact) mass is 283 g/mol. The van der Waals surface area contributed by atoms with Crippen LogP contribution in [0.25, 0.3) is 5.69 Å². The van der Waals surface area contributed by atoms with Crippen LogP contribution in [0.1, 0.15) is 30.3 Å². The Morgan fingerprint density at radius 1 is 1.33 bits per heavy atom. The van der Waals surface area contributed by atoms with Gasteiger partial charge in [0.1, 0.15) is 24.3 Å². The largest absolute Gasteiger partial charge is 0.313 e. The quantitative estimate of drug-likeness (QED) is 0.854. The van der Waals surface area contributed by atoms with E-state index >= 15 is 0 Å². The highest BCUT2D eigenvalue weighted by molar-refractivity contribution is 5.49. The van der Waals surface area contributed by atoms with Gasteiger partial charge in [0.05, 0.1) is 5.69 Å². The molecule has 0 aliphatic carbocycles. The number of nitriles is 2. The summed E-state index contributed by atoms with van der Waals surface area (Å²) in [5.41, 5.74) is 1.00. The van der Waals surface area contributed by atoms with Gasteiger partial charge < -0.3 is 5.32 Å². The minimum atomic E-state index is -0.454. The molecule has 0 radical (unpaired) electrons. The second-order valence-corrected chi connectivity index (χ2v) is 4.46. The number of halogens is 1. The molecule has 2 rings (SSSR count). The SMILES string of the molecule is CCCNCc1cccc(F)c1-n1cnc(C#N)c1C#N. The average molecular weight is 283 g/mol. The summed E-state index contributed by atoms with van der Waals surface area (Å²) in [5.74, 6) is -0.454. The summed E-state index contributed by atoms with van der Waals surface area (Å²) in [6.45, 7) is 3.34. The minimum Gasteiger partial charge on any atom is -0.313 e. The molecule has 0 spiro atoms. The lowest BCUT2D eigenvalue weighted by atomic mass is 10.1. The van der Waals surface area contributed by atoms with Gasteiger partial charge in [0.25, 0.3) is 0 Å². The number of nitrogens with one attached hydrogen (secondary N) is 1. The topological polar surface area (TPSA) is 77.4 Å². The van der Waals surface area contributed by atoms with E-state index in [9.17, 15) is 9.65 Å². The lowest BCUT2D eigenvalue weighted by molar-refractivity contribution is 0.607. The first kappa shape index (κ1) is 14.7. The summed E-state index contributed by atoms with van der Waals surface area (Å²) < 4.78 is 15.5. The maximum Gasteiger partial charge on any atom is 0.177 e. The number of benzene rings is 1. The normalized spacial score (nSPS) is 10.1. The Hall–Kier alpha value is -2.70. The zero-order chi connectivity index (χ0) is 15.2. The van der Waals surface area contributed by atoms with E-state index in [1.807, 2.05) is 19.1 Å². The van der Waals surface area contributed by atoms with E-state index in [0.717, 1.165) is 13.0 Å². The second-order valence-electron chi connectivity index (χ2n) is 4.46. The fourth-order valence-electron chi connectivity index (χ4n) is 2.08. The molecule has 1 heterocycles. The van der Waals surface area contributed by atoms with Crippen LogP contribution >= 0.6 is 0 Å². The van der Waals surface area contributed by atoms with E-state index in [2.05, 4.69) is 10.3 Å². The van der Waals surface area contributed by atoms with E-state index in [1.54, 1.807) is 12.1 Å². The number of para-hydroxylation sites is 1. The Balaban J connectivity index is 2.51. The molecule has 1 N–H and O–H groups in total. The molecule has 0 saturated carbocycles. The van der Waals surface area contributed by atoms with Gasteiger partial charge in [-0.25, -0.2) is 9.37 Å².